The van der Waals surface area contributed by atoms with Crippen LogP contribution < -0.4 is 10.9 Å². The van der Waals surface area contributed by atoms with Gasteiger partial charge in [-0.1, -0.05) is 0 Å². The van der Waals surface area contributed by atoms with Gasteiger partial charge in [-0.3, -0.25) is 24.2 Å². The van der Waals surface area contributed by atoms with Crippen LogP contribution in [-0.4, -0.2) is 42.0 Å². The summed E-state index contributed by atoms with van der Waals surface area (Å²) in [6.45, 7) is 0.953. The van der Waals surface area contributed by atoms with Crippen LogP contribution in [0.3, 0.4) is 0 Å². The van der Waals surface area contributed by atoms with Crippen molar-refractivity contribution in [3.05, 3.63) is 58.5 Å². The lowest BCUT2D eigenvalue weighted by molar-refractivity contribution is 0.0944. The van der Waals surface area contributed by atoms with E-state index in [1.54, 1.807) is 18.6 Å². The minimum Gasteiger partial charge on any atom is -0.349 e. The molecule has 0 aromatic carbocycles. The highest BCUT2D eigenvalue weighted by atomic mass is 16.2. The molecule has 1 amide bonds. The van der Waals surface area contributed by atoms with Gasteiger partial charge in [0.15, 0.2) is 0 Å². The zero-order valence-corrected chi connectivity index (χ0v) is 14.9. The Morgan fingerprint density at radius 2 is 2.07 bits per heavy atom. The van der Waals surface area contributed by atoms with Crippen LogP contribution in [0.1, 0.15) is 34.9 Å². The second-order valence-electron chi connectivity index (χ2n) is 6.48. The fourth-order valence-corrected chi connectivity index (χ4v) is 2.86. The molecule has 0 bridgehead atoms. The maximum Gasteiger partial charge on any atom is 0.271 e. The van der Waals surface area contributed by atoms with Crippen LogP contribution in [0.4, 0.5) is 0 Å². The molecule has 9 heteroatoms. The van der Waals surface area contributed by atoms with Crippen LogP contribution in [0.15, 0.2) is 41.6 Å². The Bertz CT molecular complexity index is 1020. The molecule has 0 atom stereocenters. The first-order chi connectivity index (χ1) is 13.1. The summed E-state index contributed by atoms with van der Waals surface area (Å²) in [5, 5.41) is 11.4. The maximum atomic E-state index is 12.2. The van der Waals surface area contributed by atoms with Crippen LogP contribution in [0, 0.1) is 0 Å². The van der Waals surface area contributed by atoms with Gasteiger partial charge in [-0.05, 0) is 25.0 Å². The molecule has 1 N–H and O–H groups in total. The Morgan fingerprint density at radius 1 is 1.22 bits per heavy atom. The average molecular weight is 365 g/mol. The maximum absolute atomic E-state index is 12.2. The quantitative estimate of drug-likeness (QED) is 0.690. The number of nitrogens with zero attached hydrogens (tertiary/aromatic N) is 6. The molecule has 138 valence electrons. The number of aromatic nitrogens is 6. The van der Waals surface area contributed by atoms with Gasteiger partial charge in [0.25, 0.3) is 11.5 Å². The van der Waals surface area contributed by atoms with Crippen LogP contribution >= 0.6 is 0 Å². The largest absolute Gasteiger partial charge is 0.349 e. The lowest BCUT2D eigenvalue weighted by Crippen LogP contribution is -2.31. The zero-order valence-electron chi connectivity index (χ0n) is 14.9. The summed E-state index contributed by atoms with van der Waals surface area (Å²) in [6.07, 6.45) is 7.27. The number of hydrogen-bond donors (Lipinski definition) is 1. The highest BCUT2D eigenvalue weighted by Gasteiger charge is 2.28. The predicted octanol–water partition coefficient (Wildman–Crippen LogP) is 0.741. The number of nitrogens with one attached hydrogen (secondary N) is 1. The average Bonchev–Trinajstić information content (AvgIpc) is 3.44. The number of rotatable bonds is 6. The van der Waals surface area contributed by atoms with E-state index in [4.69, 9.17) is 0 Å². The van der Waals surface area contributed by atoms with Crippen molar-refractivity contribution < 1.29 is 4.79 Å². The van der Waals surface area contributed by atoms with Gasteiger partial charge in [-0.25, -0.2) is 4.68 Å². The number of hydrogen-bond acceptors (Lipinski definition) is 6. The van der Waals surface area contributed by atoms with Crippen molar-refractivity contribution >= 4 is 5.91 Å². The van der Waals surface area contributed by atoms with Crippen LogP contribution in [0.25, 0.3) is 11.4 Å². The van der Waals surface area contributed by atoms with Gasteiger partial charge in [-0.2, -0.15) is 10.2 Å². The van der Waals surface area contributed by atoms with Crippen LogP contribution in [0.2, 0.25) is 0 Å². The zero-order chi connectivity index (χ0) is 18.8. The molecule has 0 aliphatic heterocycles. The summed E-state index contributed by atoms with van der Waals surface area (Å²) in [7, 11) is 1.51. The van der Waals surface area contributed by atoms with Crippen LogP contribution in [-0.2, 0) is 13.6 Å². The summed E-state index contributed by atoms with van der Waals surface area (Å²) < 4.78 is 3.07. The van der Waals surface area contributed by atoms with Crippen molar-refractivity contribution in [2.45, 2.75) is 25.3 Å². The Kier molecular flexibility index (Phi) is 4.49. The SMILES string of the molecule is Cn1nc(C(=O)NCCn2nc(-c3cnccn3)cc2C2CC2)ccc1=O. The van der Waals surface area contributed by atoms with E-state index in [9.17, 15) is 9.59 Å². The van der Waals surface area contributed by atoms with Gasteiger partial charge < -0.3 is 5.32 Å². The first kappa shape index (κ1) is 17.1. The third-order valence-corrected chi connectivity index (χ3v) is 4.43. The van der Waals surface area contributed by atoms with Gasteiger partial charge in [0.05, 0.1) is 12.7 Å². The molecule has 1 aliphatic carbocycles. The van der Waals surface area contributed by atoms with Crippen LogP contribution in [0.5, 0.6) is 0 Å². The molecule has 1 saturated carbocycles. The highest BCUT2D eigenvalue weighted by Crippen LogP contribution is 2.41. The topological polar surface area (TPSA) is 108 Å². The Labute approximate surface area is 155 Å². The summed E-state index contributed by atoms with van der Waals surface area (Å²) in [5.74, 6) is 0.198. The Hall–Kier alpha value is -3.36. The van der Waals surface area contributed by atoms with Crippen molar-refractivity contribution in [3.8, 4) is 11.4 Å². The van der Waals surface area contributed by atoms with E-state index in [1.807, 2.05) is 4.68 Å². The van der Waals surface area contributed by atoms with E-state index in [2.05, 4.69) is 31.5 Å². The van der Waals surface area contributed by atoms with Gasteiger partial charge in [0.1, 0.15) is 17.1 Å². The highest BCUT2D eigenvalue weighted by molar-refractivity contribution is 5.91. The fourth-order valence-electron chi connectivity index (χ4n) is 2.86. The number of carbonyl (C=O) groups is 1. The lowest BCUT2D eigenvalue weighted by Gasteiger charge is -2.08. The molecule has 1 fully saturated rings. The molecule has 27 heavy (non-hydrogen) atoms. The standard InChI is InChI=1S/C18H19N7O2/c1-24-17(26)5-4-13(22-24)18(27)21-8-9-25-16(12-2-3-12)10-14(23-25)15-11-19-6-7-20-15/h4-7,10-12H,2-3,8-9H2,1H3,(H,21,27). The molecule has 1 aliphatic rings. The molecule has 4 rings (SSSR count). The van der Waals surface area contributed by atoms with E-state index in [1.165, 1.54) is 19.2 Å². The third kappa shape index (κ3) is 3.76. The third-order valence-electron chi connectivity index (χ3n) is 4.43. The Balaban J connectivity index is 1.44. The Morgan fingerprint density at radius 3 is 2.78 bits per heavy atom. The first-order valence-electron chi connectivity index (χ1n) is 8.78. The van der Waals surface area contributed by atoms with Crippen molar-refractivity contribution in [1.82, 2.24) is 34.8 Å². The summed E-state index contributed by atoms with van der Waals surface area (Å²) in [6, 6.07) is 4.80. The van der Waals surface area contributed by atoms with Gasteiger partial charge in [0, 0.05) is 43.7 Å². The molecule has 3 aromatic heterocycles. The number of amides is 1. The van der Waals surface area contributed by atoms with E-state index in [0.29, 0.717) is 19.0 Å². The van der Waals surface area contributed by atoms with Gasteiger partial charge >= 0.3 is 0 Å². The molecule has 0 saturated heterocycles. The molecule has 3 aromatic rings. The minimum absolute atomic E-state index is 0.209. The summed E-state index contributed by atoms with van der Waals surface area (Å²) >= 11 is 0. The smallest absolute Gasteiger partial charge is 0.271 e. The number of carbonyl (C=O) groups excluding carboxylic acids is 1. The molecular formula is C18H19N7O2. The van der Waals surface area contributed by atoms with Gasteiger partial charge in [0.2, 0.25) is 0 Å². The number of aryl methyl sites for hydroxylation is 1. The second kappa shape index (κ2) is 7.10. The molecule has 0 unspecified atom stereocenters. The molecular weight excluding hydrogens is 346 g/mol. The fraction of sp³-hybridized carbons (Fsp3) is 0.333. The van der Waals surface area contributed by atoms with E-state index < -0.39 is 0 Å². The minimum atomic E-state index is -0.320. The van der Waals surface area contributed by atoms with Gasteiger partial charge in [-0.15, -0.1) is 0 Å². The van der Waals surface area contributed by atoms with Crippen molar-refractivity contribution in [3.63, 3.8) is 0 Å². The molecule has 3 heterocycles. The predicted molar refractivity (Wildman–Crippen MR) is 97.0 cm³/mol. The van der Waals surface area contributed by atoms with Crippen molar-refractivity contribution in [2.75, 3.05) is 6.54 Å². The molecule has 0 radical (unpaired) electrons. The van der Waals surface area contributed by atoms with E-state index >= 15 is 0 Å². The normalized spacial score (nSPS) is 13.5. The van der Waals surface area contributed by atoms with Crippen molar-refractivity contribution in [2.24, 2.45) is 7.05 Å². The molecule has 0 spiro atoms. The summed E-state index contributed by atoms with van der Waals surface area (Å²) in [4.78, 5) is 32.0. The second-order valence-corrected chi connectivity index (χ2v) is 6.48. The monoisotopic (exact) mass is 365 g/mol. The summed E-state index contributed by atoms with van der Waals surface area (Å²) in [5.41, 5.74) is 2.63. The van der Waals surface area contributed by atoms with E-state index in [-0.39, 0.29) is 17.2 Å². The molecule has 9 nitrogen and oxygen atoms in total. The van der Waals surface area contributed by atoms with E-state index in [0.717, 1.165) is 34.6 Å². The first-order valence-corrected chi connectivity index (χ1v) is 8.78. The lowest BCUT2D eigenvalue weighted by atomic mass is 10.2. The van der Waals surface area contributed by atoms with Crippen molar-refractivity contribution in [1.29, 1.82) is 0 Å².